The highest BCUT2D eigenvalue weighted by atomic mass is 35.5. The lowest BCUT2D eigenvalue weighted by Crippen LogP contribution is -2.26. The van der Waals surface area contributed by atoms with E-state index in [4.69, 9.17) is 30.6 Å². The van der Waals surface area contributed by atoms with Crippen LogP contribution in [0.2, 0.25) is 5.02 Å². The van der Waals surface area contributed by atoms with Crippen molar-refractivity contribution in [3.05, 3.63) is 53.6 Å². The van der Waals surface area contributed by atoms with Crippen molar-refractivity contribution in [2.75, 3.05) is 38.2 Å². The lowest BCUT2D eigenvalue weighted by molar-refractivity contribution is -0.111. The number of para-hydroxylation sites is 2. The minimum Gasteiger partial charge on any atom is -0.491 e. The van der Waals surface area contributed by atoms with Gasteiger partial charge in [-0.2, -0.15) is 5.06 Å². The summed E-state index contributed by atoms with van der Waals surface area (Å²) in [6.07, 6.45) is 0.244. The normalized spacial score (nSPS) is 16.4. The topological polar surface area (TPSA) is 69.3 Å². The van der Waals surface area contributed by atoms with Crippen LogP contribution in [0.5, 0.6) is 11.5 Å². The first-order chi connectivity index (χ1) is 14.1. The minimum atomic E-state index is -0.499. The summed E-state index contributed by atoms with van der Waals surface area (Å²) in [5.41, 5.74) is 0.583. The Morgan fingerprint density at radius 2 is 2.03 bits per heavy atom. The number of ether oxygens (including phenoxy) is 3. The monoisotopic (exact) mass is 420 g/mol. The molecule has 1 atom stereocenters. The van der Waals surface area contributed by atoms with Gasteiger partial charge in [-0.1, -0.05) is 23.7 Å². The highest BCUT2D eigenvalue weighted by Gasteiger charge is 2.24. The van der Waals surface area contributed by atoms with Crippen LogP contribution in [0.25, 0.3) is 0 Å². The Labute approximate surface area is 175 Å². The third-order valence-corrected chi connectivity index (χ3v) is 4.43. The van der Waals surface area contributed by atoms with Gasteiger partial charge in [-0.15, -0.1) is 0 Å². The fraction of sp³-hybridized carbons (Fsp3) is 0.381. The molecule has 3 rings (SSSR count). The Kier molecular flexibility index (Phi) is 7.98. The fourth-order valence-corrected chi connectivity index (χ4v) is 2.98. The molecule has 1 aliphatic rings. The molecule has 2 aromatic rings. The van der Waals surface area contributed by atoms with Crippen LogP contribution in [-0.4, -0.2) is 50.2 Å². The van der Waals surface area contributed by atoms with Crippen LogP contribution in [0.15, 0.2) is 48.5 Å². The molecule has 7 nitrogen and oxygen atoms in total. The molecule has 0 radical (unpaired) electrons. The maximum absolute atomic E-state index is 11.6. The smallest absolute Gasteiger partial charge is 0.411 e. The Balaban J connectivity index is 1.38. The van der Waals surface area contributed by atoms with E-state index in [9.17, 15) is 4.79 Å². The first kappa shape index (κ1) is 21.2. The fourth-order valence-electron chi connectivity index (χ4n) is 2.85. The third-order valence-electron chi connectivity index (χ3n) is 4.18. The van der Waals surface area contributed by atoms with Gasteiger partial charge in [0.1, 0.15) is 24.2 Å². The average molecular weight is 421 g/mol. The number of anilines is 1. The summed E-state index contributed by atoms with van der Waals surface area (Å²) in [6, 6.07) is 14.6. The molecule has 0 bridgehead atoms. The Bertz CT molecular complexity index is 787. The van der Waals surface area contributed by atoms with E-state index in [1.807, 2.05) is 35.4 Å². The molecular weight excluding hydrogens is 396 g/mol. The van der Waals surface area contributed by atoms with Gasteiger partial charge in [0.05, 0.1) is 25.4 Å². The quantitative estimate of drug-likeness (QED) is 0.607. The zero-order valence-electron chi connectivity index (χ0n) is 16.3. The van der Waals surface area contributed by atoms with Crippen molar-refractivity contribution in [2.45, 2.75) is 19.4 Å². The summed E-state index contributed by atoms with van der Waals surface area (Å²) >= 11 is 5.89. The van der Waals surface area contributed by atoms with Crippen molar-refractivity contribution in [3.8, 4) is 11.5 Å². The van der Waals surface area contributed by atoms with Crippen molar-refractivity contribution < 1.29 is 23.8 Å². The van der Waals surface area contributed by atoms with E-state index in [2.05, 4.69) is 5.32 Å². The van der Waals surface area contributed by atoms with Gasteiger partial charge in [-0.25, -0.2) is 4.79 Å². The summed E-state index contributed by atoms with van der Waals surface area (Å²) in [7, 11) is 0. The van der Waals surface area contributed by atoms with Gasteiger partial charge in [-0.05, 0) is 49.7 Å². The van der Waals surface area contributed by atoms with Crippen molar-refractivity contribution in [3.63, 3.8) is 0 Å². The third kappa shape index (κ3) is 6.81. The number of benzene rings is 2. The second-order valence-corrected chi connectivity index (χ2v) is 6.86. The van der Waals surface area contributed by atoms with E-state index in [0.717, 1.165) is 12.2 Å². The molecular formula is C21H25ClN2O5. The number of carbonyl (C=O) groups excluding carboxylic acids is 1. The van der Waals surface area contributed by atoms with Crippen LogP contribution in [0, 0.1) is 0 Å². The predicted molar refractivity (Wildman–Crippen MR) is 111 cm³/mol. The average Bonchev–Trinajstić information content (AvgIpc) is 3.15. The molecule has 0 saturated carbocycles. The van der Waals surface area contributed by atoms with Crippen LogP contribution < -0.4 is 14.8 Å². The first-order valence-electron chi connectivity index (χ1n) is 9.59. The van der Waals surface area contributed by atoms with Gasteiger partial charge in [-0.3, -0.25) is 10.2 Å². The Morgan fingerprint density at radius 1 is 1.24 bits per heavy atom. The number of rotatable bonds is 9. The molecule has 1 N–H and O–H groups in total. The maximum atomic E-state index is 11.6. The van der Waals surface area contributed by atoms with Crippen molar-refractivity contribution in [1.82, 2.24) is 5.06 Å². The Hall–Kier alpha value is -2.48. The van der Waals surface area contributed by atoms with Crippen molar-refractivity contribution in [2.24, 2.45) is 0 Å². The van der Waals surface area contributed by atoms with Crippen molar-refractivity contribution >= 4 is 23.4 Å². The van der Waals surface area contributed by atoms with Gasteiger partial charge >= 0.3 is 6.09 Å². The zero-order valence-corrected chi connectivity index (χ0v) is 17.1. The number of halogens is 1. The lowest BCUT2D eigenvalue weighted by Gasteiger charge is -2.16. The number of hydroxylamine groups is 2. The molecule has 1 aliphatic heterocycles. The zero-order chi connectivity index (χ0) is 20.5. The van der Waals surface area contributed by atoms with Gasteiger partial charge in [0.15, 0.2) is 0 Å². The van der Waals surface area contributed by atoms with Gasteiger partial charge in [0.25, 0.3) is 0 Å². The van der Waals surface area contributed by atoms with E-state index in [-0.39, 0.29) is 6.10 Å². The van der Waals surface area contributed by atoms with Crippen LogP contribution >= 0.6 is 11.6 Å². The molecule has 0 spiro atoms. The highest BCUT2D eigenvalue weighted by molar-refractivity contribution is 6.30. The molecule has 156 valence electrons. The maximum Gasteiger partial charge on any atom is 0.411 e. The van der Waals surface area contributed by atoms with Crippen LogP contribution in [0.4, 0.5) is 10.5 Å². The molecule has 8 heteroatoms. The molecule has 0 aromatic heterocycles. The van der Waals surface area contributed by atoms with Crippen LogP contribution in [0.1, 0.15) is 13.3 Å². The van der Waals surface area contributed by atoms with Crippen molar-refractivity contribution in [1.29, 1.82) is 0 Å². The second kappa shape index (κ2) is 10.9. The Morgan fingerprint density at radius 3 is 2.83 bits per heavy atom. The number of nitrogens with one attached hydrogen (secondary N) is 1. The molecule has 1 unspecified atom stereocenters. The summed E-state index contributed by atoms with van der Waals surface area (Å²) in [5, 5.41) is 5.24. The van der Waals surface area contributed by atoms with E-state index in [0.29, 0.717) is 49.4 Å². The summed E-state index contributed by atoms with van der Waals surface area (Å²) < 4.78 is 16.6. The number of nitrogens with zero attached hydrogens (tertiary/aromatic N) is 1. The summed E-state index contributed by atoms with van der Waals surface area (Å²) in [6.45, 7) is 4.47. The largest absolute Gasteiger partial charge is 0.491 e. The summed E-state index contributed by atoms with van der Waals surface area (Å²) in [4.78, 5) is 17.3. The SMILES string of the molecule is CCOC(=O)Nc1ccccc1OCCCN1CC(Oc2ccc(Cl)cc2)CO1. The van der Waals surface area contributed by atoms with E-state index in [1.165, 1.54) is 0 Å². The molecule has 1 saturated heterocycles. The highest BCUT2D eigenvalue weighted by Crippen LogP contribution is 2.24. The van der Waals surface area contributed by atoms with Crippen LogP contribution in [0.3, 0.4) is 0 Å². The molecule has 2 aromatic carbocycles. The van der Waals surface area contributed by atoms with Gasteiger partial charge in [0.2, 0.25) is 0 Å². The number of amides is 1. The molecule has 29 heavy (non-hydrogen) atoms. The molecule has 1 fully saturated rings. The molecule has 0 aliphatic carbocycles. The van der Waals surface area contributed by atoms with E-state index < -0.39 is 6.09 Å². The minimum absolute atomic E-state index is 0.0217. The molecule has 1 amide bonds. The first-order valence-corrected chi connectivity index (χ1v) is 9.97. The van der Waals surface area contributed by atoms with E-state index >= 15 is 0 Å². The summed E-state index contributed by atoms with van der Waals surface area (Å²) in [5.74, 6) is 1.38. The predicted octanol–water partition coefficient (Wildman–Crippen LogP) is 4.37. The van der Waals surface area contributed by atoms with Crippen LogP contribution in [-0.2, 0) is 9.57 Å². The molecule has 1 heterocycles. The van der Waals surface area contributed by atoms with Gasteiger partial charge < -0.3 is 14.2 Å². The number of hydrogen-bond donors (Lipinski definition) is 1. The standard InChI is InChI=1S/C21H25ClN2O5/c1-2-26-21(25)23-19-6-3-4-7-20(19)27-13-5-12-24-14-18(15-28-24)29-17-10-8-16(22)9-11-17/h3-4,6-11,18H,2,5,12-15H2,1H3,(H,23,25). The number of carbonyl (C=O) groups is 1. The second-order valence-electron chi connectivity index (χ2n) is 6.42. The lowest BCUT2D eigenvalue weighted by atomic mass is 10.3. The van der Waals surface area contributed by atoms with E-state index in [1.54, 1.807) is 25.1 Å². The number of hydrogen-bond acceptors (Lipinski definition) is 6. The van der Waals surface area contributed by atoms with Gasteiger partial charge in [0, 0.05) is 11.6 Å².